The third-order valence-corrected chi connectivity index (χ3v) is 5.23. The summed E-state index contributed by atoms with van der Waals surface area (Å²) in [6.07, 6.45) is 3.79. The Balaban J connectivity index is 1.85. The van der Waals surface area contributed by atoms with Crippen LogP contribution in [0.3, 0.4) is 0 Å². The van der Waals surface area contributed by atoms with Crippen molar-refractivity contribution in [3.8, 4) is 5.75 Å². The molecule has 4 rings (SSSR count). The van der Waals surface area contributed by atoms with Crippen molar-refractivity contribution in [3.05, 3.63) is 24.0 Å². The van der Waals surface area contributed by atoms with Crippen molar-refractivity contribution >= 4 is 22.6 Å². The van der Waals surface area contributed by atoms with E-state index in [1.54, 1.807) is 7.11 Å². The molecule has 2 aliphatic heterocycles. The average Bonchev–Trinajstić information content (AvgIpc) is 3.19. The first-order chi connectivity index (χ1) is 10.3. The number of imidazole rings is 1. The van der Waals surface area contributed by atoms with Crippen molar-refractivity contribution in [2.24, 2.45) is 0 Å². The quantitative estimate of drug-likeness (QED) is 0.816. The predicted octanol–water partition coefficient (Wildman–Crippen LogP) is 3.19. The van der Waals surface area contributed by atoms with E-state index in [2.05, 4.69) is 15.5 Å². The zero-order valence-electron chi connectivity index (χ0n) is 12.3. The second-order valence-electron chi connectivity index (χ2n) is 5.99. The number of hydrogen-bond acceptors (Lipinski definition) is 3. The van der Waals surface area contributed by atoms with Gasteiger partial charge in [0.1, 0.15) is 11.6 Å². The Bertz CT molecular complexity index is 669. The second kappa shape index (κ2) is 5.18. The molecule has 2 unspecified atom stereocenters. The molecule has 0 bridgehead atoms. The third-order valence-electron chi connectivity index (χ3n) is 4.99. The molecule has 2 aliphatic rings. The van der Waals surface area contributed by atoms with Crippen LogP contribution in [-0.4, -0.2) is 40.7 Å². The van der Waals surface area contributed by atoms with Crippen LogP contribution >= 0.6 is 11.6 Å². The minimum atomic E-state index is 0.459. The fourth-order valence-electron chi connectivity index (χ4n) is 4.07. The molecular weight excluding hydrogens is 286 g/mol. The minimum Gasteiger partial charge on any atom is -0.497 e. The van der Waals surface area contributed by atoms with E-state index in [-0.39, 0.29) is 0 Å². The number of ether oxygens (including phenoxy) is 1. The van der Waals surface area contributed by atoms with Gasteiger partial charge in [0.15, 0.2) is 0 Å². The monoisotopic (exact) mass is 305 g/mol. The molecule has 2 saturated heterocycles. The van der Waals surface area contributed by atoms with E-state index in [9.17, 15) is 0 Å². The molecule has 0 amide bonds. The lowest BCUT2D eigenvalue weighted by molar-refractivity contribution is 0.290. The van der Waals surface area contributed by atoms with Crippen molar-refractivity contribution in [2.45, 2.75) is 37.2 Å². The molecule has 0 spiro atoms. The Morgan fingerprint density at radius 3 is 3.00 bits per heavy atom. The Labute approximate surface area is 129 Å². The molecule has 0 aliphatic carbocycles. The highest BCUT2D eigenvalue weighted by molar-refractivity contribution is 6.16. The number of hydrogen-bond donors (Lipinski definition) is 0. The van der Waals surface area contributed by atoms with Gasteiger partial charge in [-0.05, 0) is 37.9 Å². The number of halogens is 1. The number of nitrogens with zero attached hydrogens (tertiary/aromatic N) is 3. The Morgan fingerprint density at radius 2 is 2.19 bits per heavy atom. The first-order valence-corrected chi connectivity index (χ1v) is 8.20. The van der Waals surface area contributed by atoms with Gasteiger partial charge in [0.25, 0.3) is 0 Å². The maximum atomic E-state index is 6.17. The fraction of sp³-hybridized carbons (Fsp3) is 0.562. The molecule has 1 aromatic heterocycles. The van der Waals surface area contributed by atoms with Crippen LogP contribution < -0.4 is 4.74 Å². The van der Waals surface area contributed by atoms with Crippen molar-refractivity contribution in [1.29, 1.82) is 0 Å². The summed E-state index contributed by atoms with van der Waals surface area (Å²) < 4.78 is 7.76. The zero-order chi connectivity index (χ0) is 14.4. The second-order valence-corrected chi connectivity index (χ2v) is 6.26. The van der Waals surface area contributed by atoms with E-state index in [0.29, 0.717) is 18.0 Å². The van der Waals surface area contributed by atoms with E-state index in [4.69, 9.17) is 21.3 Å². The van der Waals surface area contributed by atoms with Crippen LogP contribution in [0.25, 0.3) is 11.0 Å². The summed E-state index contributed by atoms with van der Waals surface area (Å²) in [6, 6.07) is 7.24. The topological polar surface area (TPSA) is 30.3 Å². The Kier molecular flexibility index (Phi) is 3.31. The highest BCUT2D eigenvalue weighted by atomic mass is 35.5. The molecule has 112 valence electrons. The van der Waals surface area contributed by atoms with Crippen LogP contribution in [0.15, 0.2) is 18.2 Å². The molecule has 3 heterocycles. The van der Waals surface area contributed by atoms with E-state index in [0.717, 1.165) is 22.6 Å². The molecular formula is C16H20ClN3O. The fourth-order valence-corrected chi connectivity index (χ4v) is 4.26. The van der Waals surface area contributed by atoms with Crippen LogP contribution in [0.1, 0.15) is 31.1 Å². The molecule has 1 aromatic carbocycles. The summed E-state index contributed by atoms with van der Waals surface area (Å²) in [6.45, 7) is 2.44. The van der Waals surface area contributed by atoms with Gasteiger partial charge in [0.05, 0.1) is 30.1 Å². The predicted molar refractivity (Wildman–Crippen MR) is 84.1 cm³/mol. The van der Waals surface area contributed by atoms with Crippen molar-refractivity contribution < 1.29 is 4.74 Å². The van der Waals surface area contributed by atoms with Crippen molar-refractivity contribution in [3.63, 3.8) is 0 Å². The molecule has 4 nitrogen and oxygen atoms in total. The highest BCUT2D eigenvalue weighted by Crippen LogP contribution is 2.39. The van der Waals surface area contributed by atoms with Crippen molar-refractivity contribution in [1.82, 2.24) is 14.5 Å². The summed E-state index contributed by atoms with van der Waals surface area (Å²) in [4.78, 5) is 7.34. The summed E-state index contributed by atoms with van der Waals surface area (Å²) >= 11 is 6.17. The van der Waals surface area contributed by atoms with Gasteiger partial charge in [-0.2, -0.15) is 0 Å². The van der Waals surface area contributed by atoms with Gasteiger partial charge in [0.2, 0.25) is 0 Å². The summed E-state index contributed by atoms with van der Waals surface area (Å²) in [5, 5.41) is 0. The van der Waals surface area contributed by atoms with Crippen LogP contribution in [0.2, 0.25) is 0 Å². The maximum Gasteiger partial charge on any atom is 0.125 e. The molecule has 5 heteroatoms. The van der Waals surface area contributed by atoms with Crippen LogP contribution in [-0.2, 0) is 5.88 Å². The minimum absolute atomic E-state index is 0.459. The Hall–Kier alpha value is -1.26. The molecule has 21 heavy (non-hydrogen) atoms. The average molecular weight is 306 g/mol. The largest absolute Gasteiger partial charge is 0.497 e. The van der Waals surface area contributed by atoms with Gasteiger partial charge in [-0.3, -0.25) is 4.90 Å². The van der Waals surface area contributed by atoms with Gasteiger partial charge in [-0.15, -0.1) is 11.6 Å². The number of alkyl halides is 1. The maximum absolute atomic E-state index is 6.17. The molecule has 2 aromatic rings. The molecule has 2 fully saturated rings. The van der Waals surface area contributed by atoms with Crippen molar-refractivity contribution in [2.75, 3.05) is 20.2 Å². The first kappa shape index (κ1) is 13.4. The van der Waals surface area contributed by atoms with Gasteiger partial charge in [-0.25, -0.2) is 4.98 Å². The molecule has 0 N–H and O–H groups in total. The third kappa shape index (κ3) is 2.04. The van der Waals surface area contributed by atoms with Crippen LogP contribution in [0, 0.1) is 0 Å². The van der Waals surface area contributed by atoms with E-state index in [1.807, 2.05) is 12.1 Å². The lowest BCUT2D eigenvalue weighted by Gasteiger charge is -2.23. The Morgan fingerprint density at radius 1 is 1.29 bits per heavy atom. The van der Waals surface area contributed by atoms with Gasteiger partial charge in [-0.1, -0.05) is 0 Å². The smallest absolute Gasteiger partial charge is 0.125 e. The van der Waals surface area contributed by atoms with E-state index >= 15 is 0 Å². The first-order valence-electron chi connectivity index (χ1n) is 7.66. The number of methoxy groups -OCH3 is 1. The summed E-state index contributed by atoms with van der Waals surface area (Å²) in [7, 11) is 1.71. The SMILES string of the molecule is COc1ccc2nc(CCl)n(C3CCN4CCCC34)c2c1. The number of rotatable bonds is 3. The zero-order valence-corrected chi connectivity index (χ0v) is 13.0. The van der Waals surface area contributed by atoms with Gasteiger partial charge < -0.3 is 9.30 Å². The molecule has 0 radical (unpaired) electrons. The normalized spacial score (nSPS) is 25.6. The number of aromatic nitrogens is 2. The lowest BCUT2D eigenvalue weighted by Crippen LogP contribution is -2.28. The lowest BCUT2D eigenvalue weighted by atomic mass is 10.1. The molecule has 2 atom stereocenters. The van der Waals surface area contributed by atoms with Gasteiger partial charge >= 0.3 is 0 Å². The van der Waals surface area contributed by atoms with Crippen LogP contribution in [0.4, 0.5) is 0 Å². The van der Waals surface area contributed by atoms with Crippen LogP contribution in [0.5, 0.6) is 5.75 Å². The van der Waals surface area contributed by atoms with E-state index in [1.165, 1.54) is 32.4 Å². The molecule has 0 saturated carbocycles. The highest BCUT2D eigenvalue weighted by Gasteiger charge is 2.39. The van der Waals surface area contributed by atoms with Gasteiger partial charge in [0, 0.05) is 18.7 Å². The number of benzene rings is 1. The number of fused-ring (bicyclic) bond motifs is 2. The standard InChI is InChI=1S/C16H20ClN3O/c1-21-11-4-5-12-15(9-11)20(16(10-17)18-12)14-6-8-19-7-2-3-13(14)19/h4-5,9,13-14H,2-3,6-8,10H2,1H3. The van der Waals surface area contributed by atoms with E-state index < -0.39 is 0 Å². The summed E-state index contributed by atoms with van der Waals surface area (Å²) in [5.74, 6) is 2.32. The summed E-state index contributed by atoms with van der Waals surface area (Å²) in [5.41, 5.74) is 2.17.